The standard InChI is InChI=1S/C13H16N2O6/c1-6-11(18)10(7(5-16)4-15-6)13-20-9(17)3-2-8(14)12(19)21-13/h4,8,13,16,18H,2-3,5,14H2,1H3/t8-,13?/m0/s1. The molecule has 0 spiro atoms. The fraction of sp³-hybridized carbons (Fsp3) is 0.462. The van der Waals surface area contributed by atoms with Gasteiger partial charge in [-0.05, 0) is 13.3 Å². The number of ether oxygens (including phenoxy) is 2. The van der Waals surface area contributed by atoms with Gasteiger partial charge in [-0.2, -0.15) is 0 Å². The zero-order valence-corrected chi connectivity index (χ0v) is 11.4. The summed E-state index contributed by atoms with van der Waals surface area (Å²) in [7, 11) is 0. The molecule has 1 unspecified atom stereocenters. The maximum atomic E-state index is 11.8. The molecule has 0 radical (unpaired) electrons. The number of aliphatic hydroxyl groups excluding tert-OH is 1. The molecule has 8 nitrogen and oxygen atoms in total. The highest BCUT2D eigenvalue weighted by atomic mass is 16.7. The van der Waals surface area contributed by atoms with Crippen molar-refractivity contribution in [1.82, 2.24) is 4.98 Å². The van der Waals surface area contributed by atoms with Gasteiger partial charge >= 0.3 is 11.9 Å². The Morgan fingerprint density at radius 1 is 1.43 bits per heavy atom. The molecule has 21 heavy (non-hydrogen) atoms. The molecular formula is C13H16N2O6. The molecule has 0 aromatic carbocycles. The Balaban J connectivity index is 2.44. The number of aryl methyl sites for hydroxylation is 1. The van der Waals surface area contributed by atoms with E-state index in [1.807, 2.05) is 0 Å². The molecule has 1 fully saturated rings. The molecule has 2 rings (SSSR count). The van der Waals surface area contributed by atoms with E-state index >= 15 is 0 Å². The molecule has 1 aromatic rings. The van der Waals surface area contributed by atoms with E-state index in [-0.39, 0.29) is 35.4 Å². The quantitative estimate of drug-likeness (QED) is 0.639. The first kappa shape index (κ1) is 15.2. The topological polar surface area (TPSA) is 132 Å². The van der Waals surface area contributed by atoms with Gasteiger partial charge in [0.05, 0.1) is 17.9 Å². The summed E-state index contributed by atoms with van der Waals surface area (Å²) in [6.07, 6.45) is -0.0599. The maximum absolute atomic E-state index is 11.8. The highest BCUT2D eigenvalue weighted by molar-refractivity contribution is 5.78. The number of aromatic hydroxyl groups is 1. The van der Waals surface area contributed by atoms with E-state index in [0.29, 0.717) is 0 Å². The van der Waals surface area contributed by atoms with Crippen LogP contribution in [0.4, 0.5) is 0 Å². The van der Waals surface area contributed by atoms with Crippen LogP contribution in [0.3, 0.4) is 0 Å². The molecule has 0 bridgehead atoms. The zero-order valence-electron chi connectivity index (χ0n) is 11.4. The van der Waals surface area contributed by atoms with Gasteiger partial charge in [0.15, 0.2) is 0 Å². The molecule has 4 N–H and O–H groups in total. The largest absolute Gasteiger partial charge is 0.505 e. The van der Waals surface area contributed by atoms with E-state index in [0.717, 1.165) is 0 Å². The highest BCUT2D eigenvalue weighted by Gasteiger charge is 2.32. The molecule has 1 saturated heterocycles. The van der Waals surface area contributed by atoms with Gasteiger partial charge in [0.1, 0.15) is 11.8 Å². The van der Waals surface area contributed by atoms with Gasteiger partial charge in [0.2, 0.25) is 0 Å². The molecule has 0 saturated carbocycles. The molecule has 0 amide bonds. The Morgan fingerprint density at radius 3 is 2.81 bits per heavy atom. The zero-order chi connectivity index (χ0) is 15.6. The molecule has 2 atom stereocenters. The van der Waals surface area contributed by atoms with Gasteiger partial charge < -0.3 is 25.4 Å². The van der Waals surface area contributed by atoms with Crippen molar-refractivity contribution in [2.75, 3.05) is 0 Å². The van der Waals surface area contributed by atoms with Crippen LogP contribution in [0.1, 0.15) is 36.0 Å². The van der Waals surface area contributed by atoms with E-state index in [1.54, 1.807) is 0 Å². The van der Waals surface area contributed by atoms with Gasteiger partial charge in [-0.15, -0.1) is 0 Å². The van der Waals surface area contributed by atoms with Gasteiger partial charge in [-0.3, -0.25) is 14.6 Å². The highest BCUT2D eigenvalue weighted by Crippen LogP contribution is 2.34. The Morgan fingerprint density at radius 2 is 2.14 bits per heavy atom. The third-order valence-electron chi connectivity index (χ3n) is 3.19. The monoisotopic (exact) mass is 296 g/mol. The Hall–Kier alpha value is -2.19. The van der Waals surface area contributed by atoms with Gasteiger partial charge in [-0.1, -0.05) is 0 Å². The molecular weight excluding hydrogens is 280 g/mol. The SMILES string of the molecule is Cc1ncc(CO)c(C2OC(=O)CC[C@H](N)C(=O)O2)c1O. The second-order valence-electron chi connectivity index (χ2n) is 4.69. The summed E-state index contributed by atoms with van der Waals surface area (Å²) in [5.41, 5.74) is 6.03. The molecule has 0 aliphatic carbocycles. The average molecular weight is 296 g/mol. The fourth-order valence-corrected chi connectivity index (χ4v) is 1.95. The average Bonchev–Trinajstić information content (AvgIpc) is 2.45. The van der Waals surface area contributed by atoms with Crippen LogP contribution in [0.25, 0.3) is 0 Å². The van der Waals surface area contributed by atoms with Crippen molar-refractivity contribution in [1.29, 1.82) is 0 Å². The smallest absolute Gasteiger partial charge is 0.326 e. The predicted molar refractivity (Wildman–Crippen MR) is 68.7 cm³/mol. The van der Waals surface area contributed by atoms with Crippen LogP contribution in [0.2, 0.25) is 0 Å². The summed E-state index contributed by atoms with van der Waals surface area (Å²) in [6, 6.07) is -0.942. The molecule has 2 heterocycles. The number of pyridine rings is 1. The Labute approximate surface area is 120 Å². The van der Waals surface area contributed by atoms with Crippen LogP contribution in [0.15, 0.2) is 6.20 Å². The number of esters is 2. The summed E-state index contributed by atoms with van der Waals surface area (Å²) in [5, 5.41) is 19.4. The number of hydrogen-bond acceptors (Lipinski definition) is 8. The number of carbonyl (C=O) groups excluding carboxylic acids is 2. The summed E-state index contributed by atoms with van der Waals surface area (Å²) in [4.78, 5) is 27.3. The van der Waals surface area contributed by atoms with Crippen molar-refractivity contribution < 1.29 is 29.3 Å². The van der Waals surface area contributed by atoms with Gasteiger partial charge in [0.25, 0.3) is 6.29 Å². The summed E-state index contributed by atoms with van der Waals surface area (Å²) in [5.74, 6) is -1.66. The maximum Gasteiger partial charge on any atom is 0.326 e. The molecule has 1 aromatic heterocycles. The first-order valence-corrected chi connectivity index (χ1v) is 6.37. The number of aliphatic hydroxyl groups is 1. The van der Waals surface area contributed by atoms with Crippen molar-refractivity contribution >= 4 is 11.9 Å². The molecule has 1 aliphatic rings. The van der Waals surface area contributed by atoms with Gasteiger partial charge in [0, 0.05) is 18.2 Å². The first-order chi connectivity index (χ1) is 9.93. The van der Waals surface area contributed by atoms with Gasteiger partial charge in [-0.25, -0.2) is 0 Å². The minimum atomic E-state index is -1.46. The number of rotatable bonds is 2. The number of nitrogens with two attached hydrogens (primary N) is 1. The number of nitrogens with zero attached hydrogens (tertiary/aromatic N) is 1. The Bertz CT molecular complexity index is 574. The normalized spacial score (nSPS) is 23.0. The van der Waals surface area contributed by atoms with Crippen LogP contribution >= 0.6 is 0 Å². The fourth-order valence-electron chi connectivity index (χ4n) is 1.95. The third kappa shape index (κ3) is 3.11. The van der Waals surface area contributed by atoms with E-state index in [9.17, 15) is 19.8 Å². The lowest BCUT2D eigenvalue weighted by molar-refractivity contribution is -0.195. The van der Waals surface area contributed by atoms with Crippen molar-refractivity contribution in [2.24, 2.45) is 5.73 Å². The van der Waals surface area contributed by atoms with E-state index in [2.05, 4.69) is 4.98 Å². The number of aromatic nitrogens is 1. The minimum absolute atomic E-state index is 0.000741. The first-order valence-electron chi connectivity index (χ1n) is 6.37. The number of cyclic esters (lactones) is 2. The second kappa shape index (κ2) is 6.06. The Kier molecular flexibility index (Phi) is 4.39. The molecule has 8 heteroatoms. The summed E-state index contributed by atoms with van der Waals surface area (Å²) < 4.78 is 10.1. The number of carbonyl (C=O) groups is 2. The summed E-state index contributed by atoms with van der Waals surface area (Å²) >= 11 is 0. The van der Waals surface area contributed by atoms with Crippen molar-refractivity contribution in [2.45, 2.75) is 38.7 Å². The van der Waals surface area contributed by atoms with E-state index in [1.165, 1.54) is 13.1 Å². The molecule has 1 aliphatic heterocycles. The third-order valence-corrected chi connectivity index (χ3v) is 3.19. The van der Waals surface area contributed by atoms with Crippen LogP contribution in [-0.2, 0) is 25.7 Å². The molecule has 114 valence electrons. The lowest BCUT2D eigenvalue weighted by Crippen LogP contribution is -2.37. The van der Waals surface area contributed by atoms with Crippen molar-refractivity contribution in [3.05, 3.63) is 23.0 Å². The van der Waals surface area contributed by atoms with Crippen molar-refractivity contribution in [3.8, 4) is 5.75 Å². The van der Waals surface area contributed by atoms with E-state index in [4.69, 9.17) is 15.2 Å². The second-order valence-corrected chi connectivity index (χ2v) is 4.69. The van der Waals surface area contributed by atoms with E-state index < -0.39 is 30.9 Å². The summed E-state index contributed by atoms with van der Waals surface area (Å²) in [6.45, 7) is 1.06. The van der Waals surface area contributed by atoms with Crippen LogP contribution < -0.4 is 5.73 Å². The van der Waals surface area contributed by atoms with Crippen molar-refractivity contribution in [3.63, 3.8) is 0 Å². The number of hydrogen-bond donors (Lipinski definition) is 3. The van der Waals surface area contributed by atoms with Crippen LogP contribution in [-0.4, -0.2) is 33.2 Å². The van der Waals surface area contributed by atoms with Crippen LogP contribution in [0.5, 0.6) is 5.75 Å². The lowest BCUT2D eigenvalue weighted by atomic mass is 10.1. The van der Waals surface area contributed by atoms with Crippen LogP contribution in [0, 0.1) is 6.92 Å². The minimum Gasteiger partial charge on any atom is -0.505 e. The lowest BCUT2D eigenvalue weighted by Gasteiger charge is -2.25. The predicted octanol–water partition coefficient (Wildman–Crippen LogP) is -0.206.